The normalized spacial score (nSPS) is 14.9. The number of carbonyl (C=O) groups is 1. The van der Waals surface area contributed by atoms with E-state index in [0.717, 1.165) is 49.7 Å². The van der Waals surface area contributed by atoms with Crippen molar-refractivity contribution in [2.75, 3.05) is 43.4 Å². The number of halogens is 3. The molecule has 32 heavy (non-hydrogen) atoms. The van der Waals surface area contributed by atoms with E-state index in [1.54, 1.807) is 24.3 Å². The topological polar surface area (TPSA) is 61.4 Å². The molecule has 166 valence electrons. The van der Waals surface area contributed by atoms with Crippen LogP contribution in [0.1, 0.15) is 15.9 Å². The van der Waals surface area contributed by atoms with E-state index in [9.17, 15) is 18.0 Å². The molecule has 9 heteroatoms. The van der Waals surface area contributed by atoms with Crippen LogP contribution in [-0.4, -0.2) is 54.2 Å². The number of hydrogen-bond donors (Lipinski definition) is 1. The number of benzene rings is 2. The van der Waals surface area contributed by atoms with Crippen LogP contribution in [0.3, 0.4) is 0 Å². The van der Waals surface area contributed by atoms with Crippen LogP contribution in [0.5, 0.6) is 0 Å². The zero-order valence-corrected chi connectivity index (χ0v) is 17.4. The van der Waals surface area contributed by atoms with Gasteiger partial charge >= 0.3 is 6.18 Å². The molecular weight excluding hydrogens is 419 g/mol. The first-order valence-electron chi connectivity index (χ1n) is 10.2. The molecule has 3 aromatic rings. The Kier molecular flexibility index (Phi) is 6.09. The molecule has 4 rings (SSSR count). The summed E-state index contributed by atoms with van der Waals surface area (Å²) in [4.78, 5) is 16.8. The number of piperazine rings is 1. The molecule has 6 nitrogen and oxygen atoms in total. The Bertz CT molecular complexity index is 1080. The van der Waals surface area contributed by atoms with Crippen LogP contribution in [0.15, 0.2) is 60.7 Å². The molecule has 0 aliphatic carbocycles. The van der Waals surface area contributed by atoms with Gasteiger partial charge in [-0.3, -0.25) is 4.79 Å². The number of carbonyl (C=O) groups excluding carboxylic acids is 1. The monoisotopic (exact) mass is 441 g/mol. The van der Waals surface area contributed by atoms with Gasteiger partial charge in [0.15, 0.2) is 5.82 Å². The fourth-order valence-corrected chi connectivity index (χ4v) is 3.45. The summed E-state index contributed by atoms with van der Waals surface area (Å²) < 4.78 is 38.6. The molecule has 0 saturated carbocycles. The van der Waals surface area contributed by atoms with Crippen molar-refractivity contribution in [2.45, 2.75) is 6.18 Å². The van der Waals surface area contributed by atoms with Gasteiger partial charge in [0.05, 0.1) is 11.3 Å². The molecule has 0 bridgehead atoms. The van der Waals surface area contributed by atoms with Crippen molar-refractivity contribution in [3.63, 3.8) is 0 Å². The summed E-state index contributed by atoms with van der Waals surface area (Å²) in [7, 11) is 2.10. The number of alkyl halides is 3. The molecule has 1 aliphatic heterocycles. The lowest BCUT2D eigenvalue weighted by atomic mass is 10.1. The van der Waals surface area contributed by atoms with E-state index in [-0.39, 0.29) is 5.56 Å². The Labute approximate surface area is 183 Å². The quantitative estimate of drug-likeness (QED) is 0.659. The minimum absolute atomic E-state index is 0.0609. The Morgan fingerprint density at radius 2 is 1.66 bits per heavy atom. The number of nitrogens with zero attached hydrogens (tertiary/aromatic N) is 4. The molecule has 1 aromatic heterocycles. The Balaban J connectivity index is 1.41. The summed E-state index contributed by atoms with van der Waals surface area (Å²) in [6.45, 7) is 3.78. The van der Waals surface area contributed by atoms with Crippen molar-refractivity contribution < 1.29 is 18.0 Å². The van der Waals surface area contributed by atoms with Crippen molar-refractivity contribution in [3.8, 4) is 11.3 Å². The molecular formula is C23H22F3N5O. The number of nitrogens with one attached hydrogen (secondary N) is 1. The third kappa shape index (κ3) is 5.05. The average Bonchev–Trinajstić information content (AvgIpc) is 2.80. The van der Waals surface area contributed by atoms with Crippen LogP contribution in [0.2, 0.25) is 0 Å². The lowest BCUT2D eigenvalue weighted by Crippen LogP contribution is -2.44. The summed E-state index contributed by atoms with van der Waals surface area (Å²) in [5.74, 6) is 0.229. The molecule has 2 heterocycles. The highest BCUT2D eigenvalue weighted by molar-refractivity contribution is 6.04. The van der Waals surface area contributed by atoms with E-state index in [0.29, 0.717) is 11.4 Å². The third-order valence-corrected chi connectivity index (χ3v) is 5.37. The molecule has 1 N–H and O–H groups in total. The second-order valence-corrected chi connectivity index (χ2v) is 7.68. The van der Waals surface area contributed by atoms with Gasteiger partial charge in [-0.15, -0.1) is 10.2 Å². The minimum atomic E-state index is -4.50. The number of rotatable bonds is 4. The molecule has 0 spiro atoms. The molecule has 1 aliphatic rings. The zero-order chi connectivity index (χ0) is 22.7. The molecule has 1 fully saturated rings. The van der Waals surface area contributed by atoms with Gasteiger partial charge in [-0.2, -0.15) is 13.2 Å². The highest BCUT2D eigenvalue weighted by atomic mass is 19.4. The summed E-state index contributed by atoms with van der Waals surface area (Å²) in [5.41, 5.74) is 1.06. The summed E-state index contributed by atoms with van der Waals surface area (Å²) in [6.07, 6.45) is -4.50. The maximum atomic E-state index is 12.9. The fraction of sp³-hybridized carbons (Fsp3) is 0.261. The fourth-order valence-electron chi connectivity index (χ4n) is 3.45. The lowest BCUT2D eigenvalue weighted by Gasteiger charge is -2.32. The maximum absolute atomic E-state index is 12.9. The van der Waals surface area contributed by atoms with Crippen molar-refractivity contribution in [1.82, 2.24) is 15.1 Å². The summed E-state index contributed by atoms with van der Waals surface area (Å²) in [6, 6.07) is 15.1. The van der Waals surface area contributed by atoms with E-state index in [1.165, 1.54) is 12.1 Å². The van der Waals surface area contributed by atoms with E-state index >= 15 is 0 Å². The smallest absolute Gasteiger partial charge is 0.353 e. The second kappa shape index (κ2) is 8.96. The van der Waals surface area contributed by atoms with Gasteiger partial charge in [-0.1, -0.05) is 18.2 Å². The molecule has 0 unspecified atom stereocenters. The Morgan fingerprint density at radius 1 is 0.938 bits per heavy atom. The number of hydrogen-bond acceptors (Lipinski definition) is 5. The Hall–Kier alpha value is -3.46. The van der Waals surface area contributed by atoms with E-state index in [4.69, 9.17) is 0 Å². The van der Waals surface area contributed by atoms with Gasteiger partial charge in [0, 0.05) is 43.0 Å². The van der Waals surface area contributed by atoms with Crippen molar-refractivity contribution >= 4 is 17.4 Å². The summed E-state index contributed by atoms with van der Waals surface area (Å²) >= 11 is 0. The second-order valence-electron chi connectivity index (χ2n) is 7.68. The predicted octanol–water partition coefficient (Wildman–Crippen LogP) is 4.17. The first-order valence-corrected chi connectivity index (χ1v) is 10.2. The van der Waals surface area contributed by atoms with Crippen LogP contribution in [-0.2, 0) is 6.18 Å². The minimum Gasteiger partial charge on any atom is -0.353 e. The van der Waals surface area contributed by atoms with Crippen molar-refractivity contribution in [3.05, 3.63) is 71.8 Å². The predicted molar refractivity (Wildman–Crippen MR) is 117 cm³/mol. The van der Waals surface area contributed by atoms with Crippen LogP contribution < -0.4 is 10.2 Å². The first-order chi connectivity index (χ1) is 15.3. The molecule has 2 aromatic carbocycles. The zero-order valence-electron chi connectivity index (χ0n) is 17.4. The van der Waals surface area contributed by atoms with Gasteiger partial charge in [-0.05, 0) is 49.5 Å². The van der Waals surface area contributed by atoms with Gasteiger partial charge in [0.2, 0.25) is 0 Å². The van der Waals surface area contributed by atoms with Crippen LogP contribution in [0.25, 0.3) is 11.3 Å². The summed E-state index contributed by atoms with van der Waals surface area (Å²) in [5, 5.41) is 11.3. The van der Waals surface area contributed by atoms with Crippen molar-refractivity contribution in [2.24, 2.45) is 0 Å². The van der Waals surface area contributed by atoms with Gasteiger partial charge in [0.25, 0.3) is 5.91 Å². The standard InChI is InChI=1S/C23H22F3N5O/c1-30-11-13-31(14-12-30)21-10-9-20(28-29-21)16-5-7-19(8-6-16)27-22(32)17-3-2-4-18(15-17)23(24,25)26/h2-10,15H,11-14H2,1H3,(H,27,32). The molecule has 1 amide bonds. The van der Waals surface area contributed by atoms with E-state index in [1.807, 2.05) is 12.1 Å². The molecule has 0 atom stereocenters. The lowest BCUT2D eigenvalue weighted by molar-refractivity contribution is -0.137. The van der Waals surface area contributed by atoms with E-state index in [2.05, 4.69) is 32.4 Å². The van der Waals surface area contributed by atoms with E-state index < -0.39 is 17.6 Å². The number of aromatic nitrogens is 2. The van der Waals surface area contributed by atoms with Crippen LogP contribution >= 0.6 is 0 Å². The highest BCUT2D eigenvalue weighted by Gasteiger charge is 2.30. The third-order valence-electron chi connectivity index (χ3n) is 5.37. The van der Waals surface area contributed by atoms with Crippen LogP contribution in [0, 0.1) is 0 Å². The Morgan fingerprint density at radius 3 is 2.28 bits per heavy atom. The van der Waals surface area contributed by atoms with Gasteiger partial charge in [-0.25, -0.2) is 0 Å². The number of likely N-dealkylation sites (N-methyl/N-ethyl adjacent to an activating group) is 1. The molecule has 0 radical (unpaired) electrons. The van der Waals surface area contributed by atoms with Gasteiger partial charge in [0.1, 0.15) is 0 Å². The highest BCUT2D eigenvalue weighted by Crippen LogP contribution is 2.30. The van der Waals surface area contributed by atoms with Gasteiger partial charge < -0.3 is 15.1 Å². The SMILES string of the molecule is CN1CCN(c2ccc(-c3ccc(NC(=O)c4cccc(C(F)(F)F)c4)cc3)nn2)CC1. The first kappa shape index (κ1) is 21.8. The largest absolute Gasteiger partial charge is 0.416 e. The average molecular weight is 441 g/mol. The van der Waals surface area contributed by atoms with Crippen LogP contribution in [0.4, 0.5) is 24.7 Å². The number of anilines is 2. The number of amides is 1. The maximum Gasteiger partial charge on any atom is 0.416 e. The molecule has 1 saturated heterocycles. The van der Waals surface area contributed by atoms with Crippen molar-refractivity contribution in [1.29, 1.82) is 0 Å².